The van der Waals surface area contributed by atoms with Crippen molar-refractivity contribution in [2.75, 3.05) is 0 Å². The van der Waals surface area contributed by atoms with Crippen molar-refractivity contribution in [3.8, 4) is 0 Å². The van der Waals surface area contributed by atoms with Gasteiger partial charge in [0.25, 0.3) is 0 Å². The van der Waals surface area contributed by atoms with E-state index in [9.17, 15) is 9.90 Å². The van der Waals surface area contributed by atoms with Gasteiger partial charge in [0.1, 0.15) is 0 Å². The van der Waals surface area contributed by atoms with Gasteiger partial charge >= 0.3 is 0 Å². The molecule has 1 atom stereocenters. The summed E-state index contributed by atoms with van der Waals surface area (Å²) in [7, 11) is 0. The molecule has 0 bridgehead atoms. The Kier molecular flexibility index (Phi) is 3.46. The Labute approximate surface area is 77.0 Å². The molecule has 0 N–H and O–H groups in total. The highest BCUT2D eigenvalue weighted by atomic mass is 16.5. The van der Waals surface area contributed by atoms with Gasteiger partial charge < -0.3 is 14.6 Å². The van der Waals surface area contributed by atoms with Crippen LogP contribution >= 0.6 is 0 Å². The highest BCUT2D eigenvalue weighted by Crippen LogP contribution is 2.02. The summed E-state index contributed by atoms with van der Waals surface area (Å²) < 4.78 is 5.03. The molecule has 0 fully saturated rings. The third-order valence-corrected chi connectivity index (χ3v) is 1.67. The zero-order valence-electron chi connectivity index (χ0n) is 7.40. The molecule has 13 heavy (non-hydrogen) atoms. The lowest BCUT2D eigenvalue weighted by molar-refractivity contribution is -0.316. The van der Waals surface area contributed by atoms with Gasteiger partial charge in [0.2, 0.25) is 0 Å². The predicted octanol–water partition coefficient (Wildman–Crippen LogP) is 0.342. The zero-order chi connectivity index (χ0) is 9.68. The lowest BCUT2D eigenvalue weighted by Gasteiger charge is -2.13. The minimum absolute atomic E-state index is 0.302. The smallest absolute Gasteiger partial charge is 0.0944 e. The van der Waals surface area contributed by atoms with E-state index in [2.05, 4.69) is 0 Å². The number of hydrogen-bond acceptors (Lipinski definition) is 3. The van der Waals surface area contributed by atoms with Crippen molar-refractivity contribution in [3.05, 3.63) is 35.9 Å². The van der Waals surface area contributed by atoms with E-state index < -0.39 is 12.1 Å². The van der Waals surface area contributed by atoms with E-state index in [0.717, 1.165) is 5.56 Å². The average Bonchev–Trinajstić information content (AvgIpc) is 2.15. The van der Waals surface area contributed by atoms with E-state index in [1.165, 1.54) is 6.92 Å². The molecule has 0 saturated carbocycles. The van der Waals surface area contributed by atoms with Crippen LogP contribution in [0.4, 0.5) is 0 Å². The molecule has 1 aromatic rings. The van der Waals surface area contributed by atoms with Crippen LogP contribution in [0.25, 0.3) is 0 Å². The average molecular weight is 179 g/mol. The number of ether oxygens (including phenoxy) is 1. The fourth-order valence-electron chi connectivity index (χ4n) is 0.864. The Hall–Kier alpha value is -1.35. The molecule has 0 amide bonds. The van der Waals surface area contributed by atoms with Gasteiger partial charge in [-0.2, -0.15) is 0 Å². The van der Waals surface area contributed by atoms with E-state index in [1.54, 1.807) is 0 Å². The lowest BCUT2D eigenvalue weighted by atomic mass is 10.2. The summed E-state index contributed by atoms with van der Waals surface area (Å²) in [6.07, 6.45) is -0.861. The van der Waals surface area contributed by atoms with Gasteiger partial charge in [-0.1, -0.05) is 30.3 Å². The first-order valence-electron chi connectivity index (χ1n) is 4.06. The van der Waals surface area contributed by atoms with Crippen molar-refractivity contribution in [2.45, 2.75) is 19.6 Å². The lowest BCUT2D eigenvalue weighted by Crippen LogP contribution is -2.35. The summed E-state index contributed by atoms with van der Waals surface area (Å²) in [5.74, 6) is -1.18. The summed E-state index contributed by atoms with van der Waals surface area (Å²) >= 11 is 0. The number of carbonyl (C=O) groups excluding carboxylic acids is 1. The standard InChI is InChI=1S/C10H12O3/c1-8(10(11)12)13-7-9-5-3-2-4-6-9/h2-6,8H,7H2,1H3,(H,11,12)/p-1. The van der Waals surface area contributed by atoms with E-state index >= 15 is 0 Å². The van der Waals surface area contributed by atoms with Crippen LogP contribution in [0.5, 0.6) is 0 Å². The first-order chi connectivity index (χ1) is 6.20. The van der Waals surface area contributed by atoms with E-state index in [1.807, 2.05) is 30.3 Å². The van der Waals surface area contributed by atoms with Gasteiger partial charge in [-0.25, -0.2) is 0 Å². The molecule has 0 saturated heterocycles. The minimum Gasteiger partial charge on any atom is -0.547 e. The third-order valence-electron chi connectivity index (χ3n) is 1.67. The van der Waals surface area contributed by atoms with Gasteiger partial charge in [-0.05, 0) is 12.5 Å². The van der Waals surface area contributed by atoms with Crippen molar-refractivity contribution in [1.29, 1.82) is 0 Å². The maximum atomic E-state index is 10.3. The van der Waals surface area contributed by atoms with Crippen LogP contribution in [0.3, 0.4) is 0 Å². The van der Waals surface area contributed by atoms with Crippen molar-refractivity contribution in [2.24, 2.45) is 0 Å². The summed E-state index contributed by atoms with van der Waals surface area (Å²) in [6, 6.07) is 9.40. The van der Waals surface area contributed by atoms with Gasteiger partial charge in [-0.15, -0.1) is 0 Å². The number of rotatable bonds is 4. The van der Waals surface area contributed by atoms with Gasteiger partial charge in [-0.3, -0.25) is 0 Å². The van der Waals surface area contributed by atoms with Crippen LogP contribution in [0, 0.1) is 0 Å². The molecule has 0 aromatic heterocycles. The van der Waals surface area contributed by atoms with Crippen LogP contribution < -0.4 is 5.11 Å². The molecule has 70 valence electrons. The van der Waals surface area contributed by atoms with Crippen molar-refractivity contribution in [1.82, 2.24) is 0 Å². The maximum Gasteiger partial charge on any atom is 0.0944 e. The monoisotopic (exact) mass is 179 g/mol. The molecule has 0 aliphatic rings. The number of carbonyl (C=O) groups is 1. The molecule has 0 aliphatic carbocycles. The first kappa shape index (κ1) is 9.74. The maximum absolute atomic E-state index is 10.3. The second-order valence-electron chi connectivity index (χ2n) is 2.76. The summed E-state index contributed by atoms with van der Waals surface area (Å²) in [5.41, 5.74) is 0.954. The van der Waals surface area contributed by atoms with E-state index in [-0.39, 0.29) is 0 Å². The summed E-state index contributed by atoms with van der Waals surface area (Å²) in [6.45, 7) is 1.76. The molecular weight excluding hydrogens is 168 g/mol. The highest BCUT2D eigenvalue weighted by molar-refractivity contribution is 5.69. The highest BCUT2D eigenvalue weighted by Gasteiger charge is 2.01. The Bertz CT molecular complexity index is 269. The van der Waals surface area contributed by atoms with Gasteiger partial charge in [0.15, 0.2) is 0 Å². The Balaban J connectivity index is 2.39. The predicted molar refractivity (Wildman–Crippen MR) is 45.7 cm³/mol. The number of benzene rings is 1. The molecule has 1 aromatic carbocycles. The van der Waals surface area contributed by atoms with Crippen molar-refractivity contribution >= 4 is 5.97 Å². The van der Waals surface area contributed by atoms with E-state index in [0.29, 0.717) is 6.61 Å². The van der Waals surface area contributed by atoms with Crippen molar-refractivity contribution < 1.29 is 14.6 Å². The third kappa shape index (κ3) is 3.25. The molecule has 3 nitrogen and oxygen atoms in total. The number of carboxylic acid groups (broad SMARTS) is 1. The van der Waals surface area contributed by atoms with Gasteiger partial charge in [0.05, 0.1) is 18.7 Å². The Morgan fingerprint density at radius 3 is 2.62 bits per heavy atom. The minimum atomic E-state index is -1.18. The second kappa shape index (κ2) is 4.62. The van der Waals surface area contributed by atoms with Crippen LogP contribution in [0.1, 0.15) is 12.5 Å². The number of carboxylic acids is 1. The fourth-order valence-corrected chi connectivity index (χ4v) is 0.864. The van der Waals surface area contributed by atoms with Crippen LogP contribution in [-0.2, 0) is 16.1 Å². The van der Waals surface area contributed by atoms with Crippen LogP contribution in [0.15, 0.2) is 30.3 Å². The molecule has 3 heteroatoms. The Morgan fingerprint density at radius 2 is 2.08 bits per heavy atom. The molecule has 0 radical (unpaired) electrons. The summed E-state index contributed by atoms with van der Waals surface area (Å²) in [5, 5.41) is 10.3. The molecule has 0 spiro atoms. The zero-order valence-corrected chi connectivity index (χ0v) is 7.40. The van der Waals surface area contributed by atoms with E-state index in [4.69, 9.17) is 4.74 Å². The topological polar surface area (TPSA) is 49.4 Å². The molecule has 1 rings (SSSR count). The summed E-state index contributed by atoms with van der Waals surface area (Å²) in [4.78, 5) is 10.3. The number of hydrogen-bond donors (Lipinski definition) is 0. The van der Waals surface area contributed by atoms with Crippen LogP contribution in [0.2, 0.25) is 0 Å². The van der Waals surface area contributed by atoms with Crippen LogP contribution in [-0.4, -0.2) is 12.1 Å². The molecule has 0 aliphatic heterocycles. The second-order valence-corrected chi connectivity index (χ2v) is 2.76. The van der Waals surface area contributed by atoms with Gasteiger partial charge in [0, 0.05) is 0 Å². The Morgan fingerprint density at radius 1 is 1.46 bits per heavy atom. The largest absolute Gasteiger partial charge is 0.547 e. The SMILES string of the molecule is CC(OCc1ccccc1)C(=O)[O-]. The molecule has 1 unspecified atom stereocenters. The van der Waals surface area contributed by atoms with Crippen molar-refractivity contribution in [3.63, 3.8) is 0 Å². The fraction of sp³-hybridized carbons (Fsp3) is 0.300. The first-order valence-corrected chi connectivity index (χ1v) is 4.06. The normalized spacial score (nSPS) is 12.4. The molecular formula is C10H11O3-. The quantitative estimate of drug-likeness (QED) is 0.669. The molecule has 0 heterocycles. The number of aliphatic carboxylic acids is 1.